The Bertz CT molecular complexity index is 700. The van der Waals surface area contributed by atoms with Gasteiger partial charge in [0.2, 0.25) is 0 Å². The van der Waals surface area contributed by atoms with Crippen LogP contribution < -0.4 is 5.43 Å². The molecule has 7 heteroatoms. The zero-order valence-electron chi connectivity index (χ0n) is 10.5. The van der Waals surface area contributed by atoms with Crippen LogP contribution in [0.3, 0.4) is 0 Å². The maximum absolute atomic E-state index is 12.0. The Morgan fingerprint density at radius 2 is 1.76 bits per heavy atom. The van der Waals surface area contributed by atoms with Crippen LogP contribution >= 0.6 is 47.8 Å². The third kappa shape index (κ3) is 4.39. The van der Waals surface area contributed by atoms with Crippen LogP contribution in [-0.2, 0) is 0 Å². The molecule has 4 nitrogen and oxygen atoms in total. The van der Waals surface area contributed by atoms with Gasteiger partial charge < -0.3 is 5.11 Å². The lowest BCUT2D eigenvalue weighted by atomic mass is 10.2. The van der Waals surface area contributed by atoms with Crippen molar-refractivity contribution in [1.29, 1.82) is 0 Å². The number of nitrogens with one attached hydrogen (secondary N) is 1. The van der Waals surface area contributed by atoms with E-state index in [1.807, 2.05) is 24.3 Å². The maximum Gasteiger partial charge on any atom is 0.275 e. The van der Waals surface area contributed by atoms with Gasteiger partial charge in [-0.25, -0.2) is 5.43 Å². The van der Waals surface area contributed by atoms with Crippen LogP contribution in [0.15, 0.2) is 54.9 Å². The topological polar surface area (TPSA) is 61.7 Å². The number of hydrogen-bond donors (Lipinski definition) is 2. The second-order valence-electron chi connectivity index (χ2n) is 4.03. The molecule has 0 aliphatic rings. The number of rotatable bonds is 3. The molecule has 2 rings (SSSR count). The number of carbonyl (C=O) groups excluding carboxylic acids is 1. The third-order valence-electron chi connectivity index (χ3n) is 2.52. The molecule has 0 fully saturated rings. The van der Waals surface area contributed by atoms with Crippen molar-refractivity contribution in [2.24, 2.45) is 5.10 Å². The molecular weight excluding hydrogens is 468 g/mol. The van der Waals surface area contributed by atoms with Crippen molar-refractivity contribution in [3.05, 3.63) is 60.9 Å². The van der Waals surface area contributed by atoms with Crippen molar-refractivity contribution >= 4 is 59.9 Å². The third-order valence-corrected chi connectivity index (χ3v) is 4.11. The zero-order valence-corrected chi connectivity index (χ0v) is 15.2. The van der Waals surface area contributed by atoms with Gasteiger partial charge in [0, 0.05) is 8.95 Å². The summed E-state index contributed by atoms with van der Waals surface area (Å²) in [6, 6.07) is 10.6. The van der Waals surface area contributed by atoms with Crippen LogP contribution in [0.2, 0.25) is 0 Å². The fourth-order valence-electron chi connectivity index (χ4n) is 1.51. The highest BCUT2D eigenvalue weighted by molar-refractivity contribution is 9.11. The molecule has 21 heavy (non-hydrogen) atoms. The molecule has 2 aromatic carbocycles. The van der Waals surface area contributed by atoms with Crippen LogP contribution in [-0.4, -0.2) is 17.2 Å². The molecule has 0 bridgehead atoms. The van der Waals surface area contributed by atoms with Crippen molar-refractivity contribution in [3.8, 4) is 5.75 Å². The van der Waals surface area contributed by atoms with Crippen molar-refractivity contribution in [2.45, 2.75) is 0 Å². The fraction of sp³-hybridized carbons (Fsp3) is 0. The number of hydrazone groups is 1. The van der Waals surface area contributed by atoms with Crippen LogP contribution in [0.25, 0.3) is 0 Å². The largest absolute Gasteiger partial charge is 0.506 e. The minimum Gasteiger partial charge on any atom is -0.506 e. The van der Waals surface area contributed by atoms with E-state index in [1.54, 1.807) is 6.07 Å². The highest BCUT2D eigenvalue weighted by Gasteiger charge is 2.14. The average molecular weight is 477 g/mol. The van der Waals surface area contributed by atoms with E-state index in [1.165, 1.54) is 12.3 Å². The number of benzene rings is 2. The summed E-state index contributed by atoms with van der Waals surface area (Å²) in [5.74, 6) is -0.627. The first-order valence-corrected chi connectivity index (χ1v) is 8.12. The Morgan fingerprint density at radius 3 is 2.43 bits per heavy atom. The van der Waals surface area contributed by atoms with Crippen LogP contribution in [0.4, 0.5) is 0 Å². The number of aromatic hydroxyl groups is 1. The van der Waals surface area contributed by atoms with E-state index < -0.39 is 5.91 Å². The number of phenols is 1. The smallest absolute Gasteiger partial charge is 0.275 e. The first kappa shape index (κ1) is 16.2. The minimum atomic E-state index is -0.497. The standard InChI is InChI=1S/C14H9Br3N2O2/c15-9-3-1-8(2-4-9)7-18-19-14(21)11-5-10(16)6-12(17)13(11)20/h1-7,20H,(H,19,21). The molecule has 0 radical (unpaired) electrons. The number of nitrogens with zero attached hydrogens (tertiary/aromatic N) is 1. The van der Waals surface area contributed by atoms with E-state index in [0.29, 0.717) is 8.95 Å². The first-order valence-electron chi connectivity index (χ1n) is 5.74. The molecule has 2 aromatic rings. The van der Waals surface area contributed by atoms with E-state index in [-0.39, 0.29) is 11.3 Å². The molecule has 0 aromatic heterocycles. The second kappa shape index (κ2) is 7.20. The van der Waals surface area contributed by atoms with E-state index in [4.69, 9.17) is 0 Å². The molecule has 0 unspecified atom stereocenters. The van der Waals surface area contributed by atoms with Gasteiger partial charge in [-0.15, -0.1) is 0 Å². The summed E-state index contributed by atoms with van der Waals surface area (Å²) in [6.07, 6.45) is 1.52. The highest BCUT2D eigenvalue weighted by Crippen LogP contribution is 2.31. The summed E-state index contributed by atoms with van der Waals surface area (Å²) in [6.45, 7) is 0. The van der Waals surface area contributed by atoms with Crippen molar-refractivity contribution in [2.75, 3.05) is 0 Å². The lowest BCUT2D eigenvalue weighted by molar-refractivity contribution is 0.0952. The van der Waals surface area contributed by atoms with Gasteiger partial charge in [0.05, 0.1) is 16.3 Å². The summed E-state index contributed by atoms with van der Waals surface area (Å²) >= 11 is 9.78. The number of amides is 1. The van der Waals surface area contributed by atoms with E-state index in [9.17, 15) is 9.90 Å². The monoisotopic (exact) mass is 474 g/mol. The van der Waals surface area contributed by atoms with Gasteiger partial charge in [0.25, 0.3) is 5.91 Å². The number of carbonyl (C=O) groups is 1. The molecule has 0 saturated carbocycles. The van der Waals surface area contributed by atoms with Gasteiger partial charge in [0.15, 0.2) is 0 Å². The fourth-order valence-corrected chi connectivity index (χ4v) is 3.00. The predicted octanol–water partition coefficient (Wildman–Crippen LogP) is 4.44. The molecule has 0 saturated heterocycles. The highest BCUT2D eigenvalue weighted by atomic mass is 79.9. The van der Waals surface area contributed by atoms with Gasteiger partial charge in [-0.3, -0.25) is 4.79 Å². The second-order valence-corrected chi connectivity index (χ2v) is 6.72. The molecule has 0 aliphatic carbocycles. The Kier molecular flexibility index (Phi) is 5.55. The minimum absolute atomic E-state index is 0.129. The van der Waals surface area contributed by atoms with E-state index in [0.717, 1.165) is 10.0 Å². The quantitative estimate of drug-likeness (QED) is 0.508. The molecule has 1 amide bonds. The van der Waals surface area contributed by atoms with Gasteiger partial charge in [0.1, 0.15) is 5.75 Å². The van der Waals surface area contributed by atoms with Crippen LogP contribution in [0.5, 0.6) is 5.75 Å². The summed E-state index contributed by atoms with van der Waals surface area (Å²) in [4.78, 5) is 12.0. The summed E-state index contributed by atoms with van der Waals surface area (Å²) in [5.41, 5.74) is 3.35. The van der Waals surface area contributed by atoms with Crippen LogP contribution in [0, 0.1) is 0 Å². The summed E-state index contributed by atoms with van der Waals surface area (Å²) < 4.78 is 2.07. The molecule has 0 aliphatic heterocycles. The predicted molar refractivity (Wildman–Crippen MR) is 92.7 cm³/mol. The summed E-state index contributed by atoms with van der Waals surface area (Å²) in [7, 11) is 0. The molecule has 0 spiro atoms. The zero-order chi connectivity index (χ0) is 15.4. The number of halogens is 3. The molecule has 0 atom stereocenters. The summed E-state index contributed by atoms with van der Waals surface area (Å²) in [5, 5.41) is 13.7. The number of phenolic OH excluding ortho intramolecular Hbond substituents is 1. The Labute approximate surface area is 146 Å². The van der Waals surface area contributed by atoms with Gasteiger partial charge in [-0.2, -0.15) is 5.10 Å². The van der Waals surface area contributed by atoms with Gasteiger partial charge in [-0.1, -0.05) is 44.0 Å². The lowest BCUT2D eigenvalue weighted by Gasteiger charge is -2.05. The Hall–Kier alpha value is -1.18. The van der Waals surface area contributed by atoms with Crippen molar-refractivity contribution in [3.63, 3.8) is 0 Å². The van der Waals surface area contributed by atoms with Crippen LogP contribution in [0.1, 0.15) is 15.9 Å². The Balaban J connectivity index is 2.10. The molecule has 108 valence electrons. The Morgan fingerprint density at radius 1 is 1.10 bits per heavy atom. The molecule has 0 heterocycles. The SMILES string of the molecule is O=C(NN=Cc1ccc(Br)cc1)c1cc(Br)cc(Br)c1O. The number of hydrogen-bond acceptors (Lipinski definition) is 3. The van der Waals surface area contributed by atoms with Crippen molar-refractivity contribution < 1.29 is 9.90 Å². The van der Waals surface area contributed by atoms with Gasteiger partial charge >= 0.3 is 0 Å². The maximum atomic E-state index is 12.0. The molecular formula is C14H9Br3N2O2. The van der Waals surface area contributed by atoms with E-state index >= 15 is 0 Å². The first-order chi connectivity index (χ1) is 9.97. The van der Waals surface area contributed by atoms with Gasteiger partial charge in [-0.05, 0) is 45.8 Å². The normalized spacial score (nSPS) is 10.8. The van der Waals surface area contributed by atoms with Crippen molar-refractivity contribution in [1.82, 2.24) is 5.43 Å². The molecule has 2 N–H and O–H groups in total. The lowest BCUT2D eigenvalue weighted by Crippen LogP contribution is -2.17. The van der Waals surface area contributed by atoms with E-state index in [2.05, 4.69) is 58.3 Å². The average Bonchev–Trinajstić information content (AvgIpc) is 2.44.